The topological polar surface area (TPSA) is 95.8 Å². The number of nitrogens with one attached hydrogen (secondary N) is 3. The largest absolute Gasteiger partial charge is 0.325 e. The van der Waals surface area contributed by atoms with Gasteiger partial charge in [-0.1, -0.05) is 0 Å². The summed E-state index contributed by atoms with van der Waals surface area (Å²) in [5.74, 6) is 0.663. The van der Waals surface area contributed by atoms with Crippen LogP contribution in [0.15, 0.2) is 10.9 Å². The van der Waals surface area contributed by atoms with Crippen molar-refractivity contribution in [1.29, 1.82) is 0 Å². The van der Waals surface area contributed by atoms with E-state index in [1.165, 1.54) is 6.07 Å². The van der Waals surface area contributed by atoms with Crippen LogP contribution in [0.4, 0.5) is 0 Å². The van der Waals surface area contributed by atoms with Gasteiger partial charge in [0.25, 0.3) is 5.56 Å². The molecule has 6 nitrogen and oxygen atoms in total. The standard InChI is InChI=1S/C11H19N5O/c12-6-9-5-11(17)16-10(15-9)7-14-8-1-3-13-4-2-8/h5,8,13-14H,1-4,6-7,12H2,(H,15,16,17). The predicted molar refractivity (Wildman–Crippen MR) is 65.5 cm³/mol. The molecule has 6 heteroatoms. The maximum atomic E-state index is 11.3. The zero-order chi connectivity index (χ0) is 12.1. The number of aromatic amines is 1. The molecule has 0 aromatic carbocycles. The Balaban J connectivity index is 1.93. The first-order chi connectivity index (χ1) is 8.28. The number of nitrogens with two attached hydrogens (primary N) is 1. The highest BCUT2D eigenvalue weighted by Crippen LogP contribution is 2.02. The van der Waals surface area contributed by atoms with E-state index in [1.807, 2.05) is 0 Å². The van der Waals surface area contributed by atoms with Gasteiger partial charge in [-0.3, -0.25) is 4.79 Å². The highest BCUT2D eigenvalue weighted by molar-refractivity contribution is 5.02. The lowest BCUT2D eigenvalue weighted by atomic mass is 10.1. The van der Waals surface area contributed by atoms with Crippen molar-refractivity contribution in [2.45, 2.75) is 32.0 Å². The first kappa shape index (κ1) is 12.2. The summed E-state index contributed by atoms with van der Waals surface area (Å²) in [6.07, 6.45) is 2.22. The SMILES string of the molecule is NCc1cc(=O)[nH]c(CNC2CCNCC2)n1. The summed E-state index contributed by atoms with van der Waals surface area (Å²) in [6.45, 7) is 2.98. The molecule has 0 aliphatic carbocycles. The van der Waals surface area contributed by atoms with E-state index in [2.05, 4.69) is 20.6 Å². The van der Waals surface area contributed by atoms with Crippen LogP contribution in [0.3, 0.4) is 0 Å². The van der Waals surface area contributed by atoms with Gasteiger partial charge in [0, 0.05) is 18.7 Å². The molecule has 1 aliphatic rings. The normalized spacial score (nSPS) is 17.2. The Kier molecular flexibility index (Phi) is 4.24. The summed E-state index contributed by atoms with van der Waals surface area (Å²) in [5, 5.41) is 6.71. The van der Waals surface area contributed by atoms with Crippen molar-refractivity contribution >= 4 is 0 Å². The third-order valence-corrected chi connectivity index (χ3v) is 2.95. The molecule has 94 valence electrons. The molecule has 2 heterocycles. The van der Waals surface area contributed by atoms with E-state index in [0.717, 1.165) is 25.9 Å². The van der Waals surface area contributed by atoms with Crippen LogP contribution in [-0.4, -0.2) is 29.1 Å². The van der Waals surface area contributed by atoms with E-state index in [-0.39, 0.29) is 5.56 Å². The fraction of sp³-hybridized carbons (Fsp3) is 0.636. The molecule has 1 fully saturated rings. The van der Waals surface area contributed by atoms with Crippen LogP contribution >= 0.6 is 0 Å². The third-order valence-electron chi connectivity index (χ3n) is 2.95. The molecule has 2 rings (SSSR count). The summed E-state index contributed by atoms with van der Waals surface area (Å²) in [4.78, 5) is 18.3. The molecule has 0 amide bonds. The van der Waals surface area contributed by atoms with Crippen LogP contribution in [0.1, 0.15) is 24.4 Å². The van der Waals surface area contributed by atoms with Crippen LogP contribution in [0.25, 0.3) is 0 Å². The molecule has 5 N–H and O–H groups in total. The molecule has 0 saturated carbocycles. The van der Waals surface area contributed by atoms with Gasteiger partial charge in [0.2, 0.25) is 0 Å². The van der Waals surface area contributed by atoms with E-state index in [9.17, 15) is 4.79 Å². The molecule has 1 aromatic heterocycles. The molecule has 0 spiro atoms. The van der Waals surface area contributed by atoms with Crippen LogP contribution in [-0.2, 0) is 13.1 Å². The van der Waals surface area contributed by atoms with Crippen molar-refractivity contribution in [3.63, 3.8) is 0 Å². The zero-order valence-electron chi connectivity index (χ0n) is 9.83. The summed E-state index contributed by atoms with van der Waals surface area (Å²) >= 11 is 0. The molecule has 0 unspecified atom stereocenters. The highest BCUT2D eigenvalue weighted by Gasteiger charge is 2.12. The minimum atomic E-state index is -0.137. The molecule has 17 heavy (non-hydrogen) atoms. The average molecular weight is 237 g/mol. The van der Waals surface area contributed by atoms with Crippen molar-refractivity contribution in [2.75, 3.05) is 13.1 Å². The fourth-order valence-electron chi connectivity index (χ4n) is 2.02. The van der Waals surface area contributed by atoms with Crippen molar-refractivity contribution in [2.24, 2.45) is 5.73 Å². The van der Waals surface area contributed by atoms with Crippen molar-refractivity contribution in [3.8, 4) is 0 Å². The number of rotatable bonds is 4. The average Bonchev–Trinajstić information content (AvgIpc) is 2.37. The Hall–Kier alpha value is -1.24. The fourth-order valence-corrected chi connectivity index (χ4v) is 2.02. The van der Waals surface area contributed by atoms with Crippen molar-refractivity contribution in [3.05, 3.63) is 27.9 Å². The number of H-pyrrole nitrogens is 1. The predicted octanol–water partition coefficient (Wildman–Crippen LogP) is -0.930. The summed E-state index contributed by atoms with van der Waals surface area (Å²) in [5.41, 5.74) is 5.98. The Morgan fingerprint density at radius 3 is 2.94 bits per heavy atom. The Labute approximate surface area is 100 Å². The second kappa shape index (κ2) is 5.90. The molecule has 1 aliphatic heterocycles. The number of hydrogen-bond donors (Lipinski definition) is 4. The number of aromatic nitrogens is 2. The van der Waals surface area contributed by atoms with Gasteiger partial charge in [0.15, 0.2) is 0 Å². The van der Waals surface area contributed by atoms with Gasteiger partial charge in [0.1, 0.15) is 5.82 Å². The van der Waals surface area contributed by atoms with Crippen LogP contribution in [0.5, 0.6) is 0 Å². The molecule has 1 aromatic rings. The second-order valence-corrected chi connectivity index (χ2v) is 4.29. The smallest absolute Gasteiger partial charge is 0.251 e. The maximum Gasteiger partial charge on any atom is 0.251 e. The van der Waals surface area contributed by atoms with E-state index in [0.29, 0.717) is 30.6 Å². The minimum Gasteiger partial charge on any atom is -0.325 e. The van der Waals surface area contributed by atoms with Crippen LogP contribution < -0.4 is 21.9 Å². The summed E-state index contributed by atoms with van der Waals surface area (Å²) < 4.78 is 0. The Morgan fingerprint density at radius 2 is 2.24 bits per heavy atom. The van der Waals surface area contributed by atoms with Gasteiger partial charge in [-0.25, -0.2) is 4.98 Å². The summed E-state index contributed by atoms with van der Waals surface area (Å²) in [6, 6.07) is 1.94. The van der Waals surface area contributed by atoms with Gasteiger partial charge in [-0.2, -0.15) is 0 Å². The Bertz CT molecular complexity index is 411. The van der Waals surface area contributed by atoms with Gasteiger partial charge < -0.3 is 21.4 Å². The summed E-state index contributed by atoms with van der Waals surface area (Å²) in [7, 11) is 0. The lowest BCUT2D eigenvalue weighted by Gasteiger charge is -2.23. The molecule has 0 radical (unpaired) electrons. The van der Waals surface area contributed by atoms with Crippen molar-refractivity contribution < 1.29 is 0 Å². The quantitative estimate of drug-likeness (QED) is 0.542. The van der Waals surface area contributed by atoms with Crippen LogP contribution in [0.2, 0.25) is 0 Å². The van der Waals surface area contributed by atoms with E-state index in [4.69, 9.17) is 5.73 Å². The molecule has 0 atom stereocenters. The number of piperidine rings is 1. The zero-order valence-corrected chi connectivity index (χ0v) is 9.83. The third kappa shape index (κ3) is 3.62. The van der Waals surface area contributed by atoms with Crippen molar-refractivity contribution in [1.82, 2.24) is 20.6 Å². The lowest BCUT2D eigenvalue weighted by molar-refractivity contribution is 0.382. The lowest BCUT2D eigenvalue weighted by Crippen LogP contribution is -2.40. The van der Waals surface area contributed by atoms with E-state index in [1.54, 1.807) is 0 Å². The Morgan fingerprint density at radius 1 is 1.47 bits per heavy atom. The second-order valence-electron chi connectivity index (χ2n) is 4.29. The maximum absolute atomic E-state index is 11.3. The number of hydrogen-bond acceptors (Lipinski definition) is 5. The van der Waals surface area contributed by atoms with E-state index < -0.39 is 0 Å². The molecule has 0 bridgehead atoms. The molecular formula is C11H19N5O. The first-order valence-corrected chi connectivity index (χ1v) is 6.01. The van der Waals surface area contributed by atoms with Gasteiger partial charge in [-0.15, -0.1) is 0 Å². The molecular weight excluding hydrogens is 218 g/mol. The monoisotopic (exact) mass is 237 g/mol. The van der Waals surface area contributed by atoms with Gasteiger partial charge in [0.05, 0.1) is 12.2 Å². The van der Waals surface area contributed by atoms with Gasteiger partial charge in [-0.05, 0) is 25.9 Å². The van der Waals surface area contributed by atoms with Gasteiger partial charge >= 0.3 is 0 Å². The molecule has 1 saturated heterocycles. The highest BCUT2D eigenvalue weighted by atomic mass is 16.1. The number of nitrogens with zero attached hydrogens (tertiary/aromatic N) is 1. The van der Waals surface area contributed by atoms with Crippen LogP contribution in [0, 0.1) is 0 Å². The minimum absolute atomic E-state index is 0.137. The van der Waals surface area contributed by atoms with E-state index >= 15 is 0 Å². The first-order valence-electron chi connectivity index (χ1n) is 6.01.